The van der Waals surface area contributed by atoms with Crippen LogP contribution < -0.4 is 15.4 Å². The Labute approximate surface area is 125 Å². The van der Waals surface area contributed by atoms with Crippen LogP contribution in [0.3, 0.4) is 0 Å². The molecular weight excluding hydrogens is 268 g/mol. The first kappa shape index (κ1) is 15.8. The van der Waals surface area contributed by atoms with Gasteiger partial charge in [0.1, 0.15) is 5.75 Å². The van der Waals surface area contributed by atoms with E-state index in [0.717, 1.165) is 0 Å². The molecule has 2 rings (SSSR count). The van der Waals surface area contributed by atoms with Crippen molar-refractivity contribution in [2.24, 2.45) is 11.7 Å². The maximum atomic E-state index is 12.4. The summed E-state index contributed by atoms with van der Waals surface area (Å²) in [6.07, 6.45) is -1.24. The topological polar surface area (TPSA) is 75.8 Å². The van der Waals surface area contributed by atoms with Crippen LogP contribution in [-0.2, 0) is 4.79 Å². The van der Waals surface area contributed by atoms with Gasteiger partial charge in [0.05, 0.1) is 11.8 Å². The van der Waals surface area contributed by atoms with Crippen molar-refractivity contribution in [2.75, 3.05) is 11.4 Å². The van der Waals surface area contributed by atoms with E-state index in [9.17, 15) is 9.90 Å². The van der Waals surface area contributed by atoms with Gasteiger partial charge in [-0.3, -0.25) is 4.79 Å². The lowest BCUT2D eigenvalue weighted by atomic mass is 10.0. The third-order valence-corrected chi connectivity index (χ3v) is 3.58. The van der Waals surface area contributed by atoms with E-state index in [1.54, 1.807) is 36.9 Å². The van der Waals surface area contributed by atoms with Gasteiger partial charge in [-0.05, 0) is 37.5 Å². The Hall–Kier alpha value is -1.59. The Kier molecular flexibility index (Phi) is 4.54. The van der Waals surface area contributed by atoms with Gasteiger partial charge in [0.2, 0.25) is 0 Å². The van der Waals surface area contributed by atoms with E-state index in [2.05, 4.69) is 13.8 Å². The highest BCUT2D eigenvalue weighted by atomic mass is 16.5. The fourth-order valence-electron chi connectivity index (χ4n) is 2.47. The molecule has 116 valence electrons. The summed E-state index contributed by atoms with van der Waals surface area (Å²) in [5.41, 5.74) is 7.16. The van der Waals surface area contributed by atoms with Gasteiger partial charge in [-0.2, -0.15) is 0 Å². The van der Waals surface area contributed by atoms with E-state index < -0.39 is 12.2 Å². The Morgan fingerprint density at radius 3 is 2.62 bits per heavy atom. The van der Waals surface area contributed by atoms with Gasteiger partial charge in [-0.15, -0.1) is 0 Å². The van der Waals surface area contributed by atoms with Gasteiger partial charge >= 0.3 is 0 Å². The lowest BCUT2D eigenvalue weighted by Crippen LogP contribution is -2.46. The quantitative estimate of drug-likeness (QED) is 0.888. The van der Waals surface area contributed by atoms with Crippen LogP contribution in [0, 0.1) is 5.92 Å². The molecule has 1 aliphatic rings. The minimum Gasteiger partial charge on any atom is -0.479 e. The molecule has 0 radical (unpaired) electrons. The number of benzene rings is 1. The molecule has 0 aromatic heterocycles. The van der Waals surface area contributed by atoms with Crippen LogP contribution in [-0.4, -0.2) is 29.7 Å². The van der Waals surface area contributed by atoms with E-state index >= 15 is 0 Å². The number of amides is 1. The number of ether oxygens (including phenoxy) is 1. The molecule has 1 heterocycles. The van der Waals surface area contributed by atoms with E-state index in [1.165, 1.54) is 0 Å². The summed E-state index contributed by atoms with van der Waals surface area (Å²) in [5.74, 6) is 0.959. The SMILES string of the molecule is CC(C)CN1C(=O)C(C)Oc2ccc(C(O)C(C)N)cc21. The number of fused-ring (bicyclic) bond motifs is 1. The summed E-state index contributed by atoms with van der Waals surface area (Å²) in [4.78, 5) is 14.1. The van der Waals surface area contributed by atoms with Crippen molar-refractivity contribution in [1.82, 2.24) is 0 Å². The molecule has 0 saturated heterocycles. The van der Waals surface area contributed by atoms with Crippen molar-refractivity contribution in [3.63, 3.8) is 0 Å². The third kappa shape index (κ3) is 3.19. The molecule has 3 atom stereocenters. The van der Waals surface area contributed by atoms with E-state index in [4.69, 9.17) is 10.5 Å². The normalized spacial score (nSPS) is 21.0. The molecule has 0 saturated carbocycles. The molecule has 1 amide bonds. The monoisotopic (exact) mass is 292 g/mol. The van der Waals surface area contributed by atoms with Gasteiger partial charge < -0.3 is 20.5 Å². The van der Waals surface area contributed by atoms with Crippen LogP contribution in [0.5, 0.6) is 5.75 Å². The highest BCUT2D eigenvalue weighted by molar-refractivity contribution is 5.99. The first-order valence-electron chi connectivity index (χ1n) is 7.37. The maximum absolute atomic E-state index is 12.4. The average molecular weight is 292 g/mol. The molecule has 1 aromatic carbocycles. The van der Waals surface area contributed by atoms with E-state index in [0.29, 0.717) is 29.5 Å². The largest absolute Gasteiger partial charge is 0.479 e. The number of nitrogens with zero attached hydrogens (tertiary/aromatic N) is 1. The van der Waals surface area contributed by atoms with Gasteiger partial charge in [-0.1, -0.05) is 19.9 Å². The summed E-state index contributed by atoms with van der Waals surface area (Å²) < 4.78 is 5.65. The van der Waals surface area contributed by atoms with Crippen molar-refractivity contribution < 1.29 is 14.6 Å². The Morgan fingerprint density at radius 2 is 2.05 bits per heavy atom. The smallest absolute Gasteiger partial charge is 0.267 e. The molecule has 1 aromatic rings. The number of aliphatic hydroxyl groups excluding tert-OH is 1. The number of anilines is 1. The minimum absolute atomic E-state index is 0.0522. The fourth-order valence-corrected chi connectivity index (χ4v) is 2.47. The summed E-state index contributed by atoms with van der Waals surface area (Å²) in [6, 6.07) is 5.02. The highest BCUT2D eigenvalue weighted by Gasteiger charge is 2.32. The molecular formula is C16H24N2O3. The van der Waals surface area contributed by atoms with Crippen molar-refractivity contribution >= 4 is 11.6 Å². The number of nitrogens with two attached hydrogens (primary N) is 1. The van der Waals surface area contributed by atoms with Crippen LogP contribution in [0.4, 0.5) is 5.69 Å². The van der Waals surface area contributed by atoms with Gasteiger partial charge in [0.15, 0.2) is 6.10 Å². The molecule has 0 fully saturated rings. The molecule has 0 aliphatic carbocycles. The van der Waals surface area contributed by atoms with Crippen molar-refractivity contribution in [3.8, 4) is 5.75 Å². The maximum Gasteiger partial charge on any atom is 0.267 e. The number of carbonyl (C=O) groups excluding carboxylic acids is 1. The van der Waals surface area contributed by atoms with E-state index in [1.807, 2.05) is 0 Å². The minimum atomic E-state index is -0.759. The molecule has 0 bridgehead atoms. The zero-order valence-corrected chi connectivity index (χ0v) is 13.0. The molecule has 3 N–H and O–H groups in total. The standard InChI is InChI=1S/C16H24N2O3/c1-9(2)8-18-13-7-12(15(19)10(3)17)5-6-14(13)21-11(4)16(18)20/h5-7,9-11,15,19H,8,17H2,1-4H3. The molecule has 0 spiro atoms. The van der Waals surface area contributed by atoms with Gasteiger partial charge in [0, 0.05) is 12.6 Å². The van der Waals surface area contributed by atoms with Crippen molar-refractivity contribution in [1.29, 1.82) is 0 Å². The van der Waals surface area contributed by atoms with Crippen LogP contribution in [0.1, 0.15) is 39.4 Å². The van der Waals surface area contributed by atoms with Gasteiger partial charge in [-0.25, -0.2) is 0 Å². The Balaban J connectivity index is 2.43. The first-order valence-corrected chi connectivity index (χ1v) is 7.37. The second-order valence-corrected chi connectivity index (χ2v) is 6.13. The summed E-state index contributed by atoms with van der Waals surface area (Å²) in [5, 5.41) is 10.1. The predicted molar refractivity (Wildman–Crippen MR) is 82.3 cm³/mol. The summed E-state index contributed by atoms with van der Waals surface area (Å²) in [7, 11) is 0. The van der Waals surface area contributed by atoms with Crippen LogP contribution >= 0.6 is 0 Å². The zero-order chi connectivity index (χ0) is 15.7. The number of hydrogen-bond acceptors (Lipinski definition) is 4. The predicted octanol–water partition coefficient (Wildman–Crippen LogP) is 1.84. The average Bonchev–Trinajstić information content (AvgIpc) is 2.42. The second kappa shape index (κ2) is 6.03. The van der Waals surface area contributed by atoms with E-state index in [-0.39, 0.29) is 11.9 Å². The van der Waals surface area contributed by atoms with Crippen molar-refractivity contribution in [2.45, 2.75) is 45.9 Å². The molecule has 1 aliphatic heterocycles. The van der Waals surface area contributed by atoms with Crippen LogP contribution in [0.15, 0.2) is 18.2 Å². The second-order valence-electron chi connectivity index (χ2n) is 6.13. The molecule has 3 unspecified atom stereocenters. The molecule has 5 nitrogen and oxygen atoms in total. The van der Waals surface area contributed by atoms with Crippen LogP contribution in [0.25, 0.3) is 0 Å². The number of hydrogen-bond donors (Lipinski definition) is 2. The van der Waals surface area contributed by atoms with Crippen molar-refractivity contribution in [3.05, 3.63) is 23.8 Å². The molecule has 21 heavy (non-hydrogen) atoms. The Morgan fingerprint density at radius 1 is 1.38 bits per heavy atom. The lowest BCUT2D eigenvalue weighted by molar-refractivity contribution is -0.125. The number of carbonyl (C=O) groups is 1. The van der Waals surface area contributed by atoms with Crippen LogP contribution in [0.2, 0.25) is 0 Å². The summed E-state index contributed by atoms with van der Waals surface area (Å²) >= 11 is 0. The molecule has 5 heteroatoms. The zero-order valence-electron chi connectivity index (χ0n) is 13.0. The fraction of sp³-hybridized carbons (Fsp3) is 0.562. The number of aliphatic hydroxyl groups is 1. The third-order valence-electron chi connectivity index (χ3n) is 3.58. The summed E-state index contributed by atoms with van der Waals surface area (Å²) in [6.45, 7) is 8.25. The first-order chi connectivity index (χ1) is 9.81. The number of rotatable bonds is 4. The highest BCUT2D eigenvalue weighted by Crippen LogP contribution is 2.36. The lowest BCUT2D eigenvalue weighted by Gasteiger charge is -2.34. The van der Waals surface area contributed by atoms with Gasteiger partial charge in [0.25, 0.3) is 5.91 Å². The Bertz CT molecular complexity index is 528.